The summed E-state index contributed by atoms with van der Waals surface area (Å²) in [6.07, 6.45) is -0.784. The summed E-state index contributed by atoms with van der Waals surface area (Å²) < 4.78 is 30.1. The van der Waals surface area contributed by atoms with Crippen LogP contribution in [0.25, 0.3) is 0 Å². The van der Waals surface area contributed by atoms with Crippen molar-refractivity contribution in [3.63, 3.8) is 0 Å². The van der Waals surface area contributed by atoms with Gasteiger partial charge in [-0.2, -0.15) is 8.78 Å². The summed E-state index contributed by atoms with van der Waals surface area (Å²) in [6, 6.07) is 5.37. The van der Waals surface area contributed by atoms with Crippen molar-refractivity contribution in [3.8, 4) is 5.75 Å². The molecule has 0 heterocycles. The second-order valence-electron chi connectivity index (χ2n) is 3.04. The molecule has 3 nitrogen and oxygen atoms in total. The molecule has 0 amide bonds. The predicted octanol–water partition coefficient (Wildman–Crippen LogP) is 1.74. The second-order valence-corrected chi connectivity index (χ2v) is 3.04. The van der Waals surface area contributed by atoms with E-state index in [2.05, 4.69) is 4.74 Å². The van der Waals surface area contributed by atoms with Crippen LogP contribution < -0.4 is 0 Å². The van der Waals surface area contributed by atoms with E-state index in [1.54, 1.807) is 0 Å². The van der Waals surface area contributed by atoms with E-state index in [-0.39, 0.29) is 11.3 Å². The number of esters is 1. The number of rotatable bonds is 3. The smallest absolute Gasteiger partial charge is 0.377 e. The minimum absolute atomic E-state index is 0.117. The number of carbonyl (C=O) groups is 1. The summed E-state index contributed by atoms with van der Waals surface area (Å²) >= 11 is 0. The monoisotopic (exact) mass is 216 g/mol. The third kappa shape index (κ3) is 2.90. The lowest BCUT2D eigenvalue weighted by Gasteiger charge is -2.13. The van der Waals surface area contributed by atoms with Gasteiger partial charge in [0.25, 0.3) is 0 Å². The van der Waals surface area contributed by atoms with Crippen molar-refractivity contribution in [2.24, 2.45) is 0 Å². The molecule has 5 heteroatoms. The lowest BCUT2D eigenvalue weighted by molar-refractivity contribution is -0.168. The molecule has 0 atom stereocenters. The van der Waals surface area contributed by atoms with Gasteiger partial charge in [0.05, 0.1) is 7.11 Å². The Balaban J connectivity index is 2.81. The molecule has 1 aromatic carbocycles. The first-order valence-corrected chi connectivity index (χ1v) is 4.20. The average molecular weight is 216 g/mol. The summed E-state index contributed by atoms with van der Waals surface area (Å²) in [5.41, 5.74) is 0.172. The fourth-order valence-corrected chi connectivity index (χ4v) is 1.14. The molecule has 1 aromatic rings. The third-order valence-electron chi connectivity index (χ3n) is 1.82. The molecule has 0 saturated heterocycles. The quantitative estimate of drug-likeness (QED) is 0.783. The van der Waals surface area contributed by atoms with E-state index < -0.39 is 18.3 Å². The van der Waals surface area contributed by atoms with Crippen LogP contribution in [0.3, 0.4) is 0 Å². The van der Waals surface area contributed by atoms with E-state index in [9.17, 15) is 13.6 Å². The summed E-state index contributed by atoms with van der Waals surface area (Å²) in [4.78, 5) is 10.7. The highest BCUT2D eigenvalue weighted by molar-refractivity contribution is 5.77. The number of benzene rings is 1. The van der Waals surface area contributed by atoms with Gasteiger partial charge < -0.3 is 9.84 Å². The zero-order valence-electron chi connectivity index (χ0n) is 8.04. The number of phenolic OH excluding ortho intramolecular Hbond substituents is 1. The molecule has 0 aliphatic carbocycles. The van der Waals surface area contributed by atoms with Crippen LogP contribution in [-0.4, -0.2) is 24.1 Å². The third-order valence-corrected chi connectivity index (χ3v) is 1.82. The Bertz CT molecular complexity index is 363. The second kappa shape index (κ2) is 4.25. The first kappa shape index (κ1) is 11.4. The maximum atomic E-state index is 13.1. The van der Waals surface area contributed by atoms with Crippen LogP contribution in [0.4, 0.5) is 8.78 Å². The van der Waals surface area contributed by atoms with Crippen LogP contribution >= 0.6 is 0 Å². The zero-order chi connectivity index (χ0) is 11.5. The summed E-state index contributed by atoms with van der Waals surface area (Å²) in [5, 5.41) is 9.04. The van der Waals surface area contributed by atoms with Crippen LogP contribution in [0.15, 0.2) is 24.3 Å². The molecule has 0 spiro atoms. The van der Waals surface area contributed by atoms with E-state index in [1.165, 1.54) is 24.3 Å². The number of alkyl halides is 2. The standard InChI is InChI=1S/C10H10F2O3/c1-15-9(14)10(11,12)6-7-3-2-4-8(13)5-7/h2-5,13H,6H2,1H3. The molecule has 0 aromatic heterocycles. The minimum atomic E-state index is -3.57. The highest BCUT2D eigenvalue weighted by atomic mass is 19.3. The van der Waals surface area contributed by atoms with E-state index in [1.807, 2.05) is 0 Å². The SMILES string of the molecule is COC(=O)C(F)(F)Cc1cccc(O)c1. The number of phenols is 1. The number of hydrogen-bond acceptors (Lipinski definition) is 3. The highest BCUT2D eigenvalue weighted by Crippen LogP contribution is 2.23. The van der Waals surface area contributed by atoms with Crippen molar-refractivity contribution in [2.45, 2.75) is 12.3 Å². The Morgan fingerprint density at radius 3 is 2.73 bits per heavy atom. The van der Waals surface area contributed by atoms with Crippen molar-refractivity contribution in [1.29, 1.82) is 0 Å². The van der Waals surface area contributed by atoms with E-state index in [4.69, 9.17) is 5.11 Å². The number of carbonyl (C=O) groups excluding carboxylic acids is 1. The molecule has 0 bridgehead atoms. The van der Waals surface area contributed by atoms with Crippen molar-refractivity contribution in [2.75, 3.05) is 7.11 Å². The molecular formula is C10H10F2O3. The summed E-state index contributed by atoms with van der Waals surface area (Å²) in [5.74, 6) is -5.26. The lowest BCUT2D eigenvalue weighted by atomic mass is 10.1. The van der Waals surface area contributed by atoms with Crippen molar-refractivity contribution in [3.05, 3.63) is 29.8 Å². The molecule has 0 aliphatic heterocycles. The molecule has 15 heavy (non-hydrogen) atoms. The van der Waals surface area contributed by atoms with Crippen LogP contribution in [-0.2, 0) is 16.0 Å². The zero-order valence-corrected chi connectivity index (χ0v) is 8.04. The highest BCUT2D eigenvalue weighted by Gasteiger charge is 2.40. The van der Waals surface area contributed by atoms with E-state index in [0.29, 0.717) is 0 Å². The molecule has 0 fully saturated rings. The number of methoxy groups -OCH3 is 1. The largest absolute Gasteiger partial charge is 0.508 e. The van der Waals surface area contributed by atoms with Gasteiger partial charge in [0.2, 0.25) is 0 Å². The van der Waals surface area contributed by atoms with Crippen molar-refractivity contribution in [1.82, 2.24) is 0 Å². The van der Waals surface area contributed by atoms with Crippen LogP contribution in [0, 0.1) is 0 Å². The van der Waals surface area contributed by atoms with Gasteiger partial charge in [-0.15, -0.1) is 0 Å². The van der Waals surface area contributed by atoms with Crippen LogP contribution in [0.1, 0.15) is 5.56 Å². The average Bonchev–Trinajstić information content (AvgIpc) is 2.15. The fraction of sp³-hybridized carbons (Fsp3) is 0.300. The Hall–Kier alpha value is -1.65. The number of hydrogen-bond donors (Lipinski definition) is 1. The Kier molecular flexibility index (Phi) is 3.24. The first-order valence-electron chi connectivity index (χ1n) is 4.20. The predicted molar refractivity (Wildman–Crippen MR) is 48.8 cm³/mol. The molecule has 0 radical (unpaired) electrons. The molecule has 1 rings (SSSR count). The van der Waals surface area contributed by atoms with Gasteiger partial charge in [0.1, 0.15) is 5.75 Å². The molecular weight excluding hydrogens is 206 g/mol. The fourth-order valence-electron chi connectivity index (χ4n) is 1.14. The Labute approximate surface area is 85.3 Å². The number of halogens is 2. The van der Waals surface area contributed by atoms with Gasteiger partial charge >= 0.3 is 11.9 Å². The minimum Gasteiger partial charge on any atom is -0.508 e. The Morgan fingerprint density at radius 1 is 1.53 bits per heavy atom. The maximum absolute atomic E-state index is 13.1. The van der Waals surface area contributed by atoms with Gasteiger partial charge in [-0.3, -0.25) is 0 Å². The van der Waals surface area contributed by atoms with Crippen molar-refractivity contribution < 1.29 is 23.4 Å². The molecule has 0 aliphatic rings. The van der Waals surface area contributed by atoms with Gasteiger partial charge in [0, 0.05) is 6.42 Å². The lowest BCUT2D eigenvalue weighted by Crippen LogP contribution is -2.32. The van der Waals surface area contributed by atoms with Gasteiger partial charge in [-0.05, 0) is 17.7 Å². The normalized spacial score (nSPS) is 11.1. The van der Waals surface area contributed by atoms with Crippen LogP contribution in [0.2, 0.25) is 0 Å². The van der Waals surface area contributed by atoms with E-state index >= 15 is 0 Å². The topological polar surface area (TPSA) is 46.5 Å². The van der Waals surface area contributed by atoms with Crippen molar-refractivity contribution >= 4 is 5.97 Å². The number of aromatic hydroxyl groups is 1. The molecule has 0 unspecified atom stereocenters. The van der Waals surface area contributed by atoms with Gasteiger partial charge in [0.15, 0.2) is 0 Å². The van der Waals surface area contributed by atoms with Crippen LogP contribution in [0.5, 0.6) is 5.75 Å². The van der Waals surface area contributed by atoms with Gasteiger partial charge in [-0.25, -0.2) is 4.79 Å². The summed E-state index contributed by atoms with van der Waals surface area (Å²) in [7, 11) is 0.901. The number of ether oxygens (including phenoxy) is 1. The first-order chi connectivity index (χ1) is 6.95. The molecule has 0 saturated carbocycles. The Morgan fingerprint density at radius 2 is 2.20 bits per heavy atom. The van der Waals surface area contributed by atoms with Gasteiger partial charge in [-0.1, -0.05) is 12.1 Å². The summed E-state index contributed by atoms with van der Waals surface area (Å²) in [6.45, 7) is 0. The maximum Gasteiger partial charge on any atom is 0.377 e. The molecule has 82 valence electrons. The van der Waals surface area contributed by atoms with E-state index in [0.717, 1.165) is 7.11 Å². The molecule has 1 N–H and O–H groups in total.